The number of benzene rings is 1. The minimum absolute atomic E-state index is 0.0209. The number of hydrogen-bond donors (Lipinski definition) is 1. The van der Waals surface area contributed by atoms with E-state index in [1.165, 1.54) is 11.3 Å². The van der Waals surface area contributed by atoms with Gasteiger partial charge in [-0.15, -0.1) is 11.3 Å². The SMILES string of the molecule is Cc1cc(C(=O)Nc2ccc3c(c2)N(C(=O)C(C)(C)C)CCO3)c(C)n1-c1nccs1. The highest BCUT2D eigenvalue weighted by Gasteiger charge is 2.32. The predicted molar refractivity (Wildman–Crippen MR) is 123 cm³/mol. The maximum Gasteiger partial charge on any atom is 0.257 e. The van der Waals surface area contributed by atoms with Crippen molar-refractivity contribution in [3.05, 3.63) is 52.8 Å². The van der Waals surface area contributed by atoms with Crippen molar-refractivity contribution >= 4 is 34.5 Å². The van der Waals surface area contributed by atoms with Crippen LogP contribution in [0.5, 0.6) is 5.75 Å². The predicted octanol–water partition coefficient (Wildman–Crippen LogP) is 4.57. The molecule has 2 amide bonds. The molecule has 0 saturated carbocycles. The summed E-state index contributed by atoms with van der Waals surface area (Å²) in [5, 5.41) is 5.71. The molecule has 0 saturated heterocycles. The Kier molecular flexibility index (Phi) is 5.35. The van der Waals surface area contributed by atoms with E-state index in [1.807, 2.05) is 50.6 Å². The summed E-state index contributed by atoms with van der Waals surface area (Å²) in [6, 6.07) is 7.26. The number of hydrogen-bond acceptors (Lipinski definition) is 5. The molecule has 0 aliphatic carbocycles. The molecule has 0 bridgehead atoms. The molecule has 2 aromatic heterocycles. The molecule has 1 N–H and O–H groups in total. The van der Waals surface area contributed by atoms with E-state index in [2.05, 4.69) is 10.3 Å². The van der Waals surface area contributed by atoms with E-state index in [4.69, 9.17) is 4.74 Å². The molecular formula is C23H26N4O3S. The molecule has 8 heteroatoms. The van der Waals surface area contributed by atoms with Crippen molar-refractivity contribution in [3.63, 3.8) is 0 Å². The molecule has 3 aromatic rings. The summed E-state index contributed by atoms with van der Waals surface area (Å²) >= 11 is 1.52. The van der Waals surface area contributed by atoms with Gasteiger partial charge < -0.3 is 15.0 Å². The number of nitrogens with one attached hydrogen (secondary N) is 1. The summed E-state index contributed by atoms with van der Waals surface area (Å²) in [5.74, 6) is 0.456. The third-order valence-corrected chi connectivity index (χ3v) is 6.01. The number of aromatic nitrogens is 2. The van der Waals surface area contributed by atoms with Gasteiger partial charge in [-0.25, -0.2) is 4.98 Å². The molecule has 4 rings (SSSR count). The maximum atomic E-state index is 13.1. The van der Waals surface area contributed by atoms with Gasteiger partial charge in [-0.05, 0) is 38.1 Å². The molecule has 1 aromatic carbocycles. The molecule has 31 heavy (non-hydrogen) atoms. The van der Waals surface area contributed by atoms with Crippen LogP contribution in [0.4, 0.5) is 11.4 Å². The topological polar surface area (TPSA) is 76.5 Å². The zero-order valence-corrected chi connectivity index (χ0v) is 19.2. The normalized spacial score (nSPS) is 13.5. The molecule has 7 nitrogen and oxygen atoms in total. The Morgan fingerprint density at radius 1 is 1.19 bits per heavy atom. The van der Waals surface area contributed by atoms with Crippen LogP contribution in [0.3, 0.4) is 0 Å². The molecule has 162 valence electrons. The number of fused-ring (bicyclic) bond motifs is 1. The number of ether oxygens (including phenoxy) is 1. The number of aryl methyl sites for hydroxylation is 1. The number of rotatable bonds is 3. The van der Waals surface area contributed by atoms with Crippen molar-refractivity contribution in [2.45, 2.75) is 34.6 Å². The molecule has 1 aliphatic heterocycles. The van der Waals surface area contributed by atoms with E-state index >= 15 is 0 Å². The average Bonchev–Trinajstić information content (AvgIpc) is 3.33. The smallest absolute Gasteiger partial charge is 0.257 e. The van der Waals surface area contributed by atoms with Gasteiger partial charge in [0.2, 0.25) is 5.91 Å². The van der Waals surface area contributed by atoms with Gasteiger partial charge in [0.25, 0.3) is 5.91 Å². The van der Waals surface area contributed by atoms with Crippen LogP contribution >= 0.6 is 11.3 Å². The van der Waals surface area contributed by atoms with Gasteiger partial charge in [0, 0.05) is 34.1 Å². The van der Waals surface area contributed by atoms with Crippen molar-refractivity contribution < 1.29 is 14.3 Å². The Hall–Kier alpha value is -3.13. The second-order valence-electron chi connectivity index (χ2n) is 8.63. The molecule has 0 radical (unpaired) electrons. The van der Waals surface area contributed by atoms with Crippen molar-refractivity contribution in [1.29, 1.82) is 0 Å². The summed E-state index contributed by atoms with van der Waals surface area (Å²) in [4.78, 5) is 32.1. The number of carbonyl (C=O) groups is 2. The Bertz CT molecular complexity index is 1140. The van der Waals surface area contributed by atoms with Crippen LogP contribution in [0.2, 0.25) is 0 Å². The zero-order valence-electron chi connectivity index (χ0n) is 18.4. The van der Waals surface area contributed by atoms with Gasteiger partial charge in [0.1, 0.15) is 12.4 Å². The fourth-order valence-electron chi connectivity index (χ4n) is 3.72. The van der Waals surface area contributed by atoms with Gasteiger partial charge in [0.15, 0.2) is 5.13 Å². The van der Waals surface area contributed by atoms with E-state index in [0.717, 1.165) is 16.5 Å². The fraction of sp³-hybridized carbons (Fsp3) is 0.348. The number of anilines is 2. The average molecular weight is 439 g/mol. The highest BCUT2D eigenvalue weighted by molar-refractivity contribution is 7.12. The number of nitrogens with zero attached hydrogens (tertiary/aromatic N) is 3. The van der Waals surface area contributed by atoms with E-state index in [-0.39, 0.29) is 11.8 Å². The lowest BCUT2D eigenvalue weighted by atomic mass is 9.94. The van der Waals surface area contributed by atoms with E-state index in [0.29, 0.717) is 35.8 Å². The van der Waals surface area contributed by atoms with Crippen molar-refractivity contribution in [2.75, 3.05) is 23.4 Å². The number of thiazole rings is 1. The number of carbonyl (C=O) groups excluding carboxylic acids is 2. The van der Waals surface area contributed by atoms with Crippen molar-refractivity contribution in [1.82, 2.24) is 9.55 Å². The van der Waals surface area contributed by atoms with E-state index < -0.39 is 5.41 Å². The van der Waals surface area contributed by atoms with Crippen LogP contribution in [-0.4, -0.2) is 34.5 Å². The molecule has 0 fully saturated rings. The quantitative estimate of drug-likeness (QED) is 0.650. The molecular weight excluding hydrogens is 412 g/mol. The zero-order chi connectivity index (χ0) is 22.3. The summed E-state index contributed by atoms with van der Waals surface area (Å²) in [7, 11) is 0. The standard InChI is InChI=1S/C23H26N4O3S/c1-14-12-17(15(2)27(14)22-24-8-11-31-22)20(28)25-16-6-7-19-18(13-16)26(9-10-30-19)21(29)23(3,4)5/h6-8,11-13H,9-10H2,1-5H3,(H,25,28). The Morgan fingerprint density at radius 2 is 1.97 bits per heavy atom. The Labute approximate surface area is 185 Å². The summed E-state index contributed by atoms with van der Waals surface area (Å²) in [6.07, 6.45) is 1.75. The lowest BCUT2D eigenvalue weighted by Gasteiger charge is -2.34. The Morgan fingerprint density at radius 3 is 2.65 bits per heavy atom. The Balaban J connectivity index is 1.62. The van der Waals surface area contributed by atoms with Crippen LogP contribution in [0.1, 0.15) is 42.5 Å². The van der Waals surface area contributed by atoms with Crippen LogP contribution in [-0.2, 0) is 4.79 Å². The monoisotopic (exact) mass is 438 g/mol. The van der Waals surface area contributed by atoms with Gasteiger partial charge in [-0.3, -0.25) is 14.2 Å². The second kappa shape index (κ2) is 7.85. The van der Waals surface area contributed by atoms with E-state index in [1.54, 1.807) is 29.3 Å². The third-order valence-electron chi connectivity index (χ3n) is 5.25. The van der Waals surface area contributed by atoms with Crippen molar-refractivity contribution in [2.24, 2.45) is 5.41 Å². The van der Waals surface area contributed by atoms with Gasteiger partial charge in [0.05, 0.1) is 17.8 Å². The summed E-state index contributed by atoms with van der Waals surface area (Å²) in [6.45, 7) is 10.5. The molecule has 0 spiro atoms. The first-order chi connectivity index (χ1) is 14.7. The van der Waals surface area contributed by atoms with Crippen molar-refractivity contribution in [3.8, 4) is 10.9 Å². The third kappa shape index (κ3) is 3.95. The summed E-state index contributed by atoms with van der Waals surface area (Å²) in [5.41, 5.74) is 3.14. The largest absolute Gasteiger partial charge is 0.490 e. The highest BCUT2D eigenvalue weighted by atomic mass is 32.1. The molecule has 3 heterocycles. The van der Waals surface area contributed by atoms with Crippen LogP contribution in [0, 0.1) is 19.3 Å². The van der Waals surface area contributed by atoms with Crippen LogP contribution in [0.25, 0.3) is 5.13 Å². The summed E-state index contributed by atoms with van der Waals surface area (Å²) < 4.78 is 7.70. The highest BCUT2D eigenvalue weighted by Crippen LogP contribution is 2.36. The minimum atomic E-state index is -0.513. The lowest BCUT2D eigenvalue weighted by molar-refractivity contribution is -0.126. The van der Waals surface area contributed by atoms with Gasteiger partial charge in [-0.2, -0.15) is 0 Å². The maximum absolute atomic E-state index is 13.1. The first-order valence-electron chi connectivity index (χ1n) is 10.2. The minimum Gasteiger partial charge on any atom is -0.490 e. The van der Waals surface area contributed by atoms with Crippen LogP contribution < -0.4 is 15.0 Å². The van der Waals surface area contributed by atoms with Gasteiger partial charge >= 0.3 is 0 Å². The van der Waals surface area contributed by atoms with Crippen LogP contribution in [0.15, 0.2) is 35.8 Å². The fourth-order valence-corrected chi connectivity index (χ4v) is 4.47. The lowest BCUT2D eigenvalue weighted by Crippen LogP contribution is -2.44. The first-order valence-corrected chi connectivity index (χ1v) is 11.0. The second-order valence-corrected chi connectivity index (χ2v) is 9.50. The number of amides is 2. The first kappa shape index (κ1) is 21.1. The van der Waals surface area contributed by atoms with E-state index in [9.17, 15) is 9.59 Å². The van der Waals surface area contributed by atoms with Gasteiger partial charge in [-0.1, -0.05) is 20.8 Å². The molecule has 0 atom stereocenters. The molecule has 1 aliphatic rings. The molecule has 0 unspecified atom stereocenters.